The Bertz CT molecular complexity index is 992. The van der Waals surface area contributed by atoms with Crippen LogP contribution < -0.4 is 10.6 Å². The minimum Gasteiger partial charge on any atom is -0.480 e. The van der Waals surface area contributed by atoms with E-state index in [0.29, 0.717) is 11.3 Å². The van der Waals surface area contributed by atoms with Crippen molar-refractivity contribution in [2.75, 3.05) is 5.32 Å². The Kier molecular flexibility index (Phi) is 5.21. The van der Waals surface area contributed by atoms with Crippen molar-refractivity contribution in [1.29, 1.82) is 0 Å². The number of nitrogens with one attached hydrogen (secondary N) is 3. The summed E-state index contributed by atoms with van der Waals surface area (Å²) in [6.07, 6.45) is 1.90. The Morgan fingerprint density at radius 3 is 2.44 bits per heavy atom. The Hall–Kier alpha value is -3.61. The number of anilines is 1. The molecular formula is C20H19N3O4. The zero-order valence-electron chi connectivity index (χ0n) is 14.7. The lowest BCUT2D eigenvalue weighted by Gasteiger charge is -2.15. The largest absolute Gasteiger partial charge is 0.480 e. The molecule has 0 saturated heterocycles. The van der Waals surface area contributed by atoms with E-state index in [1.165, 1.54) is 6.92 Å². The van der Waals surface area contributed by atoms with Crippen molar-refractivity contribution in [2.24, 2.45) is 0 Å². The van der Waals surface area contributed by atoms with Crippen molar-refractivity contribution >= 4 is 34.4 Å². The minimum absolute atomic E-state index is 0.0735. The van der Waals surface area contributed by atoms with Gasteiger partial charge in [-0.25, -0.2) is 9.59 Å². The van der Waals surface area contributed by atoms with E-state index in [-0.39, 0.29) is 12.2 Å². The monoisotopic (exact) mass is 365 g/mol. The van der Waals surface area contributed by atoms with Crippen LogP contribution in [0.4, 0.5) is 10.5 Å². The number of rotatable bonds is 6. The van der Waals surface area contributed by atoms with Crippen molar-refractivity contribution in [2.45, 2.75) is 19.4 Å². The molecule has 7 nitrogen and oxygen atoms in total. The fourth-order valence-electron chi connectivity index (χ4n) is 2.83. The Morgan fingerprint density at radius 1 is 1.07 bits per heavy atom. The lowest BCUT2D eigenvalue weighted by molar-refractivity contribution is -0.139. The molecule has 1 unspecified atom stereocenters. The number of H-pyrrole nitrogens is 1. The van der Waals surface area contributed by atoms with Gasteiger partial charge in [0.25, 0.3) is 0 Å². The first kappa shape index (κ1) is 18.2. The van der Waals surface area contributed by atoms with Crippen molar-refractivity contribution in [1.82, 2.24) is 10.3 Å². The van der Waals surface area contributed by atoms with Gasteiger partial charge in [-0.3, -0.25) is 4.79 Å². The second-order valence-corrected chi connectivity index (χ2v) is 6.19. The molecule has 3 aromatic rings. The van der Waals surface area contributed by atoms with Crippen molar-refractivity contribution < 1.29 is 19.5 Å². The third-order valence-corrected chi connectivity index (χ3v) is 4.25. The maximum atomic E-state index is 12.2. The van der Waals surface area contributed by atoms with Crippen LogP contribution in [0.3, 0.4) is 0 Å². The van der Waals surface area contributed by atoms with Gasteiger partial charge >= 0.3 is 12.0 Å². The van der Waals surface area contributed by atoms with Crippen LogP contribution in [-0.2, 0) is 11.2 Å². The summed E-state index contributed by atoms with van der Waals surface area (Å²) in [5.74, 6) is -1.20. The predicted molar refractivity (Wildman–Crippen MR) is 102 cm³/mol. The molecule has 0 bridgehead atoms. The standard InChI is InChI=1S/C20H19N3O4/c1-12(24)13-6-8-15(9-7-13)22-20(27)23-18(19(25)26)10-14-11-21-17-5-3-2-4-16(14)17/h2-9,11,18,21H,10H2,1H3,(H,25,26)(H2,22,23,27). The van der Waals surface area contributed by atoms with Crippen LogP contribution in [0.2, 0.25) is 0 Å². The highest BCUT2D eigenvalue weighted by atomic mass is 16.4. The predicted octanol–water partition coefficient (Wildman–Crippen LogP) is 3.19. The summed E-state index contributed by atoms with van der Waals surface area (Å²) in [6.45, 7) is 1.46. The molecule has 2 amide bonds. The summed E-state index contributed by atoms with van der Waals surface area (Å²) >= 11 is 0. The van der Waals surface area contributed by atoms with E-state index < -0.39 is 18.0 Å². The van der Waals surface area contributed by atoms with Crippen molar-refractivity contribution in [3.63, 3.8) is 0 Å². The van der Waals surface area contributed by atoms with Crippen LogP contribution in [0.5, 0.6) is 0 Å². The molecule has 0 spiro atoms. The number of para-hydroxylation sites is 1. The quantitative estimate of drug-likeness (QED) is 0.503. The number of fused-ring (bicyclic) bond motifs is 1. The number of benzene rings is 2. The summed E-state index contributed by atoms with van der Waals surface area (Å²) in [6, 6.07) is 12.2. The molecule has 1 atom stereocenters. The van der Waals surface area contributed by atoms with E-state index >= 15 is 0 Å². The molecule has 0 saturated carbocycles. The first-order valence-corrected chi connectivity index (χ1v) is 8.40. The number of carboxylic acids is 1. The lowest BCUT2D eigenvalue weighted by Crippen LogP contribution is -2.44. The van der Waals surface area contributed by atoms with Gasteiger partial charge in [0.15, 0.2) is 5.78 Å². The third kappa shape index (κ3) is 4.33. The van der Waals surface area contributed by atoms with Gasteiger partial charge in [0, 0.05) is 34.8 Å². The second kappa shape index (κ2) is 7.74. The van der Waals surface area contributed by atoms with Gasteiger partial charge in [0.2, 0.25) is 0 Å². The average molecular weight is 365 g/mol. The Labute approximate surface area is 155 Å². The summed E-state index contributed by atoms with van der Waals surface area (Å²) in [7, 11) is 0. The summed E-state index contributed by atoms with van der Waals surface area (Å²) in [5, 5.41) is 15.4. The molecule has 0 aliphatic heterocycles. The fourth-order valence-corrected chi connectivity index (χ4v) is 2.83. The number of aromatic nitrogens is 1. The first-order chi connectivity index (χ1) is 12.9. The smallest absolute Gasteiger partial charge is 0.326 e. The van der Waals surface area contributed by atoms with E-state index in [4.69, 9.17) is 0 Å². The highest BCUT2D eigenvalue weighted by Crippen LogP contribution is 2.19. The fraction of sp³-hybridized carbons (Fsp3) is 0.150. The number of ketones is 1. The topological polar surface area (TPSA) is 111 Å². The summed E-state index contributed by atoms with van der Waals surface area (Å²) in [5.41, 5.74) is 2.72. The SMILES string of the molecule is CC(=O)c1ccc(NC(=O)NC(Cc2c[nH]c3ccccc23)C(=O)O)cc1. The van der Waals surface area contributed by atoms with Crippen LogP contribution in [0.25, 0.3) is 10.9 Å². The number of aliphatic carboxylic acids is 1. The van der Waals surface area contributed by atoms with E-state index in [1.54, 1.807) is 30.5 Å². The third-order valence-electron chi connectivity index (χ3n) is 4.25. The van der Waals surface area contributed by atoms with Crippen LogP contribution in [0, 0.1) is 0 Å². The maximum Gasteiger partial charge on any atom is 0.326 e. The van der Waals surface area contributed by atoms with Gasteiger partial charge in [-0.05, 0) is 42.8 Å². The number of hydrogen-bond acceptors (Lipinski definition) is 3. The van der Waals surface area contributed by atoms with E-state index in [2.05, 4.69) is 15.6 Å². The van der Waals surface area contributed by atoms with Gasteiger partial charge in [0.1, 0.15) is 6.04 Å². The number of carbonyl (C=O) groups excluding carboxylic acids is 2. The van der Waals surface area contributed by atoms with Gasteiger partial charge in [-0.1, -0.05) is 18.2 Å². The number of amides is 2. The van der Waals surface area contributed by atoms with Gasteiger partial charge in [-0.15, -0.1) is 0 Å². The number of carboxylic acid groups (broad SMARTS) is 1. The molecule has 138 valence electrons. The van der Waals surface area contributed by atoms with Crippen molar-refractivity contribution in [3.05, 3.63) is 65.9 Å². The Balaban J connectivity index is 1.67. The maximum absolute atomic E-state index is 12.2. The number of carbonyl (C=O) groups is 3. The molecule has 0 fully saturated rings. The molecule has 27 heavy (non-hydrogen) atoms. The number of urea groups is 1. The number of aromatic amines is 1. The average Bonchev–Trinajstić information content (AvgIpc) is 3.04. The Morgan fingerprint density at radius 2 is 1.78 bits per heavy atom. The summed E-state index contributed by atoms with van der Waals surface area (Å²) < 4.78 is 0. The molecule has 0 aliphatic rings. The number of Topliss-reactive ketones (excluding diaryl/α,β-unsaturated/α-hetero) is 1. The first-order valence-electron chi connectivity index (χ1n) is 8.40. The number of hydrogen-bond donors (Lipinski definition) is 4. The molecule has 3 rings (SSSR count). The van der Waals surface area contributed by atoms with E-state index in [1.807, 2.05) is 24.3 Å². The van der Waals surface area contributed by atoms with E-state index in [9.17, 15) is 19.5 Å². The second-order valence-electron chi connectivity index (χ2n) is 6.19. The molecular weight excluding hydrogens is 346 g/mol. The van der Waals surface area contributed by atoms with Gasteiger partial charge in [0.05, 0.1) is 0 Å². The zero-order valence-corrected chi connectivity index (χ0v) is 14.7. The van der Waals surface area contributed by atoms with Crippen LogP contribution in [-0.4, -0.2) is 33.9 Å². The van der Waals surface area contributed by atoms with Gasteiger partial charge in [-0.2, -0.15) is 0 Å². The zero-order chi connectivity index (χ0) is 19.4. The van der Waals surface area contributed by atoms with Crippen molar-refractivity contribution in [3.8, 4) is 0 Å². The highest BCUT2D eigenvalue weighted by molar-refractivity contribution is 5.96. The van der Waals surface area contributed by atoms with Crippen LogP contribution in [0.1, 0.15) is 22.8 Å². The minimum atomic E-state index is -1.12. The normalized spacial score (nSPS) is 11.7. The molecule has 0 aliphatic carbocycles. The molecule has 0 radical (unpaired) electrons. The van der Waals surface area contributed by atoms with E-state index in [0.717, 1.165) is 16.5 Å². The van der Waals surface area contributed by atoms with Crippen LogP contribution in [0.15, 0.2) is 54.7 Å². The molecule has 2 aromatic carbocycles. The molecule has 7 heteroatoms. The molecule has 1 aromatic heterocycles. The van der Waals surface area contributed by atoms with Crippen LogP contribution >= 0.6 is 0 Å². The van der Waals surface area contributed by atoms with Gasteiger partial charge < -0.3 is 20.7 Å². The molecule has 4 N–H and O–H groups in total. The summed E-state index contributed by atoms with van der Waals surface area (Å²) in [4.78, 5) is 38.1. The lowest BCUT2D eigenvalue weighted by atomic mass is 10.1. The molecule has 1 heterocycles. The highest BCUT2D eigenvalue weighted by Gasteiger charge is 2.22.